The van der Waals surface area contributed by atoms with E-state index in [0.717, 1.165) is 0 Å². The molecule has 0 rings (SSSR count). The summed E-state index contributed by atoms with van der Waals surface area (Å²) in [7, 11) is 0. The van der Waals surface area contributed by atoms with Gasteiger partial charge in [0.1, 0.15) is 0 Å². The van der Waals surface area contributed by atoms with Crippen LogP contribution < -0.4 is 0 Å². The quantitative estimate of drug-likeness (QED) is 0.525. The molecular weight excluding hydrogens is 197 g/mol. The van der Waals surface area contributed by atoms with E-state index in [9.17, 15) is 26.3 Å². The highest BCUT2D eigenvalue weighted by molar-refractivity contribution is 6.25. The van der Waals surface area contributed by atoms with Gasteiger partial charge in [-0.2, -0.15) is 22.0 Å². The molecule has 11 heavy (non-hydrogen) atoms. The van der Waals surface area contributed by atoms with E-state index < -0.39 is 18.9 Å². The lowest BCUT2D eigenvalue weighted by Gasteiger charge is -1.93. The lowest BCUT2D eigenvalue weighted by Crippen LogP contribution is -2.08. The fourth-order valence-electron chi connectivity index (χ4n) is 0. The summed E-state index contributed by atoms with van der Waals surface area (Å²) >= 11 is 4.42. The van der Waals surface area contributed by atoms with Crippen molar-refractivity contribution in [1.29, 1.82) is 0 Å². The predicted octanol–water partition coefficient (Wildman–Crippen LogP) is 3.48. The SMILES string of the molecule is FC(F)=CCl.FCC(F)(F)F. The standard InChI is InChI=1S/C2HClF2.C2H2F4/c3-1-2(4)5;3-1-2(4,5)6/h1H;1H2. The summed E-state index contributed by atoms with van der Waals surface area (Å²) in [5, 5.41) is 0. The first-order chi connectivity index (χ1) is 4.83. The Labute approximate surface area is 63.4 Å². The van der Waals surface area contributed by atoms with Crippen molar-refractivity contribution in [3.63, 3.8) is 0 Å². The molecule has 0 spiro atoms. The largest absolute Gasteiger partial charge is 0.416 e. The van der Waals surface area contributed by atoms with Crippen LogP contribution >= 0.6 is 11.6 Å². The van der Waals surface area contributed by atoms with Gasteiger partial charge in [0, 0.05) is 0 Å². The van der Waals surface area contributed by atoms with Crippen molar-refractivity contribution < 1.29 is 26.3 Å². The van der Waals surface area contributed by atoms with Crippen LogP contribution in [-0.4, -0.2) is 12.9 Å². The maximum absolute atomic E-state index is 10.5. The lowest BCUT2D eigenvalue weighted by atomic mass is 10.8. The van der Waals surface area contributed by atoms with Crippen molar-refractivity contribution in [2.75, 3.05) is 6.67 Å². The van der Waals surface area contributed by atoms with Gasteiger partial charge in [-0.15, -0.1) is 0 Å². The summed E-state index contributed by atoms with van der Waals surface area (Å²) in [4.78, 5) is 0. The minimum absolute atomic E-state index is 0.222. The number of halogens is 7. The van der Waals surface area contributed by atoms with Gasteiger partial charge in [-0.1, -0.05) is 11.6 Å². The minimum atomic E-state index is -4.62. The molecule has 0 N–H and O–H groups in total. The lowest BCUT2D eigenvalue weighted by molar-refractivity contribution is -0.142. The van der Waals surface area contributed by atoms with Crippen molar-refractivity contribution in [2.45, 2.75) is 6.18 Å². The van der Waals surface area contributed by atoms with Crippen molar-refractivity contribution in [3.8, 4) is 0 Å². The molecule has 0 fully saturated rings. The first-order valence-electron chi connectivity index (χ1n) is 2.07. The molecule has 0 nitrogen and oxygen atoms in total. The maximum atomic E-state index is 10.5. The van der Waals surface area contributed by atoms with Crippen molar-refractivity contribution in [1.82, 2.24) is 0 Å². The Bertz CT molecular complexity index is 112. The van der Waals surface area contributed by atoms with E-state index in [2.05, 4.69) is 11.6 Å². The second-order valence-electron chi connectivity index (χ2n) is 1.15. The Morgan fingerprint density at radius 3 is 1.45 bits per heavy atom. The van der Waals surface area contributed by atoms with Crippen molar-refractivity contribution in [3.05, 3.63) is 11.6 Å². The summed E-state index contributed by atoms with van der Waals surface area (Å²) in [5.41, 5.74) is 0.222. The van der Waals surface area contributed by atoms with Gasteiger partial charge in [0.05, 0.1) is 5.54 Å². The van der Waals surface area contributed by atoms with E-state index in [4.69, 9.17) is 0 Å². The summed E-state index contributed by atoms with van der Waals surface area (Å²) in [6, 6.07) is 0. The van der Waals surface area contributed by atoms with Gasteiger partial charge in [-0.05, 0) is 0 Å². The zero-order chi connectivity index (χ0) is 9.49. The van der Waals surface area contributed by atoms with Crippen molar-refractivity contribution in [2.24, 2.45) is 0 Å². The van der Waals surface area contributed by atoms with Crippen LogP contribution in [0.25, 0.3) is 0 Å². The van der Waals surface area contributed by atoms with Crippen LogP contribution in [0.1, 0.15) is 0 Å². The fraction of sp³-hybridized carbons (Fsp3) is 0.500. The molecule has 0 radical (unpaired) electrons. The van der Waals surface area contributed by atoms with Crippen LogP contribution in [0.4, 0.5) is 26.3 Å². The van der Waals surface area contributed by atoms with Crippen LogP contribution in [0.2, 0.25) is 0 Å². The maximum Gasteiger partial charge on any atom is 0.416 e. The normalized spacial score (nSPS) is 9.73. The van der Waals surface area contributed by atoms with E-state index >= 15 is 0 Å². The number of hydrogen-bond donors (Lipinski definition) is 0. The minimum Gasteiger partial charge on any atom is -0.241 e. The van der Waals surface area contributed by atoms with E-state index in [0.29, 0.717) is 0 Å². The average Bonchev–Trinajstić information content (AvgIpc) is 1.88. The topological polar surface area (TPSA) is 0 Å². The highest BCUT2D eigenvalue weighted by Crippen LogP contribution is 2.13. The summed E-state index contributed by atoms with van der Waals surface area (Å²) in [6.45, 7) is -2.23. The molecule has 68 valence electrons. The van der Waals surface area contributed by atoms with Crippen LogP contribution in [0.15, 0.2) is 11.6 Å². The molecule has 0 saturated heterocycles. The molecule has 0 amide bonds. The average molecular weight is 201 g/mol. The molecule has 7 heteroatoms. The molecule has 0 bridgehead atoms. The zero-order valence-electron chi connectivity index (χ0n) is 4.93. The molecule has 0 aromatic heterocycles. The highest BCUT2D eigenvalue weighted by atomic mass is 35.5. The van der Waals surface area contributed by atoms with Crippen LogP contribution in [-0.2, 0) is 0 Å². The first-order valence-corrected chi connectivity index (χ1v) is 2.51. The molecule has 0 aliphatic heterocycles. The van der Waals surface area contributed by atoms with Crippen molar-refractivity contribution >= 4 is 11.6 Å². The third-order valence-electron chi connectivity index (χ3n) is 0.234. The molecule has 0 heterocycles. The number of rotatable bonds is 0. The molecule has 0 aromatic carbocycles. The molecular formula is C4H3ClF6. The van der Waals surface area contributed by atoms with Gasteiger partial charge < -0.3 is 0 Å². The van der Waals surface area contributed by atoms with E-state index in [1.807, 2.05) is 0 Å². The second kappa shape index (κ2) is 6.33. The van der Waals surface area contributed by atoms with Gasteiger partial charge in [-0.3, -0.25) is 0 Å². The Hall–Kier alpha value is -0.390. The molecule has 0 unspecified atom stereocenters. The molecule has 0 saturated carbocycles. The van der Waals surface area contributed by atoms with Gasteiger partial charge in [0.25, 0.3) is 6.08 Å². The van der Waals surface area contributed by atoms with Crippen LogP contribution in [0, 0.1) is 0 Å². The molecule has 0 aliphatic carbocycles. The monoisotopic (exact) mass is 200 g/mol. The third kappa shape index (κ3) is 26.2. The number of hydrogen-bond acceptors (Lipinski definition) is 0. The summed E-state index contributed by atoms with van der Waals surface area (Å²) in [6.07, 6.45) is -6.48. The predicted molar refractivity (Wildman–Crippen MR) is 28.2 cm³/mol. The van der Waals surface area contributed by atoms with Gasteiger partial charge in [0.2, 0.25) is 0 Å². The first kappa shape index (κ1) is 13.2. The summed E-state index contributed by atoms with van der Waals surface area (Å²) in [5.74, 6) is 0. The Kier molecular flexibility index (Phi) is 7.60. The molecule has 0 atom stereocenters. The smallest absolute Gasteiger partial charge is 0.241 e. The number of alkyl halides is 4. The molecule has 0 aromatic rings. The fourth-order valence-corrected chi connectivity index (χ4v) is 0. The Morgan fingerprint density at radius 2 is 1.45 bits per heavy atom. The van der Waals surface area contributed by atoms with Gasteiger partial charge in [0.15, 0.2) is 6.67 Å². The summed E-state index contributed by atoms with van der Waals surface area (Å²) < 4.78 is 62.6. The second-order valence-corrected chi connectivity index (χ2v) is 1.37. The van der Waals surface area contributed by atoms with E-state index in [1.54, 1.807) is 0 Å². The zero-order valence-corrected chi connectivity index (χ0v) is 5.69. The van der Waals surface area contributed by atoms with Gasteiger partial charge >= 0.3 is 6.18 Å². The Balaban J connectivity index is 0. The molecule has 0 aliphatic rings. The van der Waals surface area contributed by atoms with E-state index in [1.165, 1.54) is 0 Å². The van der Waals surface area contributed by atoms with E-state index in [-0.39, 0.29) is 5.54 Å². The third-order valence-corrected chi connectivity index (χ3v) is 0.399. The van der Waals surface area contributed by atoms with Crippen LogP contribution in [0.3, 0.4) is 0 Å². The van der Waals surface area contributed by atoms with Crippen LogP contribution in [0.5, 0.6) is 0 Å². The Morgan fingerprint density at radius 1 is 1.27 bits per heavy atom. The highest BCUT2D eigenvalue weighted by Gasteiger charge is 2.26. The van der Waals surface area contributed by atoms with Gasteiger partial charge in [-0.25, -0.2) is 4.39 Å².